The lowest BCUT2D eigenvalue weighted by molar-refractivity contribution is -0.333. The summed E-state index contributed by atoms with van der Waals surface area (Å²) in [6.07, 6.45) is 4.15. The number of hydrogen-bond donors (Lipinski definition) is 4. The van der Waals surface area contributed by atoms with Crippen LogP contribution in [0.1, 0.15) is 32.1 Å². The predicted octanol–water partition coefficient (Wildman–Crippen LogP) is -0.678. The summed E-state index contributed by atoms with van der Waals surface area (Å²) in [4.78, 5) is 28.7. The third kappa shape index (κ3) is 4.52. The number of fused-ring (bicyclic) bond motifs is 1. The number of aliphatic hydroxyl groups is 3. The second-order valence-corrected chi connectivity index (χ2v) is 10.7. The molecule has 3 heterocycles. The summed E-state index contributed by atoms with van der Waals surface area (Å²) in [5.74, 6) is -3.13. The summed E-state index contributed by atoms with van der Waals surface area (Å²) in [6.45, 7) is 3.38. The molecule has 1 saturated carbocycles. The zero-order chi connectivity index (χ0) is 27.9. The first-order valence-electron chi connectivity index (χ1n) is 13.1. The van der Waals surface area contributed by atoms with E-state index < -0.39 is 72.1 Å². The Bertz CT molecular complexity index is 1260. The average molecular weight is 545 g/mol. The third-order valence-corrected chi connectivity index (χ3v) is 8.68. The van der Waals surface area contributed by atoms with Gasteiger partial charge in [0.1, 0.15) is 18.3 Å². The number of hydrogen-bond acceptors (Lipinski definition) is 9. The van der Waals surface area contributed by atoms with Crippen LogP contribution in [0, 0.1) is 17.3 Å². The second-order valence-electron chi connectivity index (χ2n) is 10.7. The fraction of sp³-hybridized carbons (Fsp3) is 0.571. The second kappa shape index (κ2) is 10.5. The molecule has 1 aromatic rings. The lowest BCUT2D eigenvalue weighted by Gasteiger charge is -2.52. The van der Waals surface area contributed by atoms with Crippen LogP contribution in [0.5, 0.6) is 0 Å². The van der Waals surface area contributed by atoms with Crippen molar-refractivity contribution in [3.63, 3.8) is 0 Å². The van der Waals surface area contributed by atoms with Crippen molar-refractivity contribution in [2.45, 2.75) is 68.4 Å². The van der Waals surface area contributed by atoms with Gasteiger partial charge in [-0.2, -0.15) is 6.20 Å². The van der Waals surface area contributed by atoms with Gasteiger partial charge >= 0.3 is 11.9 Å². The van der Waals surface area contributed by atoms with E-state index in [-0.39, 0.29) is 12.0 Å². The van der Waals surface area contributed by atoms with Crippen molar-refractivity contribution in [2.24, 2.45) is 17.3 Å². The Hall–Kier alpha value is -2.96. The van der Waals surface area contributed by atoms with Crippen LogP contribution in [0.15, 0.2) is 36.6 Å². The zero-order valence-corrected chi connectivity index (χ0v) is 21.6. The first kappa shape index (κ1) is 27.6. The van der Waals surface area contributed by atoms with Crippen molar-refractivity contribution in [3.8, 4) is 0 Å². The van der Waals surface area contributed by atoms with E-state index in [1.807, 2.05) is 0 Å². The summed E-state index contributed by atoms with van der Waals surface area (Å²) in [5, 5.41) is 43.7. The number of esters is 1. The molecule has 11 nitrogen and oxygen atoms in total. The van der Waals surface area contributed by atoms with Gasteiger partial charge in [-0.3, -0.25) is 4.79 Å². The zero-order valence-electron chi connectivity index (χ0n) is 21.6. The summed E-state index contributed by atoms with van der Waals surface area (Å²) in [6, 6.07) is 1.72. The van der Waals surface area contributed by atoms with E-state index >= 15 is 0 Å². The summed E-state index contributed by atoms with van der Waals surface area (Å²) >= 11 is 0. The number of ether oxygens (including phenoxy) is 4. The quantitative estimate of drug-likeness (QED) is 0.254. The molecule has 1 aromatic heterocycles. The minimum Gasteiger partial charge on any atom is -0.661 e. The number of aromatic nitrogens is 1. The van der Waals surface area contributed by atoms with E-state index in [9.17, 15) is 30.0 Å². The third-order valence-electron chi connectivity index (χ3n) is 8.68. The van der Waals surface area contributed by atoms with Crippen LogP contribution >= 0.6 is 0 Å². The van der Waals surface area contributed by atoms with E-state index in [0.29, 0.717) is 23.4 Å². The Morgan fingerprint density at radius 3 is 2.64 bits per heavy atom. The molecular weight excluding hydrogens is 510 g/mol. The number of aliphatic hydroxyl groups excluding tert-OH is 3. The van der Waals surface area contributed by atoms with E-state index in [1.165, 1.54) is 13.4 Å². The minimum atomic E-state index is -1.59. The summed E-state index contributed by atoms with van der Waals surface area (Å²) in [7, 11) is 1.25. The molecule has 0 aromatic carbocycles. The molecule has 0 amide bonds. The highest BCUT2D eigenvalue weighted by Gasteiger charge is 2.59. The molecule has 0 radical (unpaired) electrons. The van der Waals surface area contributed by atoms with Crippen LogP contribution < -0.4 is 15.6 Å². The van der Waals surface area contributed by atoms with Gasteiger partial charge in [0.15, 0.2) is 11.9 Å². The van der Waals surface area contributed by atoms with Crippen molar-refractivity contribution < 1.29 is 49.0 Å². The largest absolute Gasteiger partial charge is 0.661 e. The molecule has 1 saturated heterocycles. The minimum absolute atomic E-state index is 0.267. The van der Waals surface area contributed by atoms with Crippen molar-refractivity contribution in [2.75, 3.05) is 13.7 Å². The highest BCUT2D eigenvalue weighted by molar-refractivity contribution is 5.90. The van der Waals surface area contributed by atoms with Crippen molar-refractivity contribution in [1.29, 1.82) is 0 Å². The molecule has 4 N–H and O–H groups in total. The highest BCUT2D eigenvalue weighted by atomic mass is 16.7. The van der Waals surface area contributed by atoms with Gasteiger partial charge in [0.25, 0.3) is 0 Å². The smallest absolute Gasteiger partial charge is 0.333 e. The van der Waals surface area contributed by atoms with Crippen LogP contribution in [0.4, 0.5) is 0 Å². The van der Waals surface area contributed by atoms with Gasteiger partial charge in [-0.15, -0.1) is 6.58 Å². The molecule has 2 spiro atoms. The molecule has 5 rings (SSSR count). The average Bonchev–Trinajstić information content (AvgIpc) is 3.59. The van der Waals surface area contributed by atoms with E-state index in [0.717, 1.165) is 12.8 Å². The Morgan fingerprint density at radius 2 is 2.00 bits per heavy atom. The molecule has 2 aliphatic heterocycles. The number of carboxylic acids is 1. The molecule has 2 aliphatic carbocycles. The van der Waals surface area contributed by atoms with Gasteiger partial charge in [0.2, 0.25) is 0 Å². The maximum Gasteiger partial charge on any atom is 0.333 e. The lowest BCUT2D eigenvalue weighted by atomic mass is 9.62. The Labute approximate surface area is 225 Å². The molecule has 212 valence electrons. The van der Waals surface area contributed by atoms with E-state index in [1.54, 1.807) is 30.5 Å². The van der Waals surface area contributed by atoms with Crippen molar-refractivity contribution in [3.05, 3.63) is 47.1 Å². The molecule has 4 aliphatic rings. The first-order valence-corrected chi connectivity index (χ1v) is 13.1. The maximum atomic E-state index is 12.8. The number of carbonyl (C=O) groups excluding carboxylic acids is 1. The molecule has 0 bridgehead atoms. The SMILES string of the molecule is C=C[C@@H]1[C@H](CC(=O)O)C(C(=O)OC)=CC2(CCCC2)[C@H]1O[C@@H]1O[C@H](CO)[C@]2(C=c3cc[n-]c3=CO2)[C@H](O)[C@H]1O. The molecule has 11 heteroatoms. The number of rotatable bonds is 7. The number of nitrogens with zero attached hydrogens (tertiary/aromatic N) is 1. The van der Waals surface area contributed by atoms with Crippen LogP contribution in [0.25, 0.3) is 12.3 Å². The van der Waals surface area contributed by atoms with E-state index in [4.69, 9.17) is 18.9 Å². The topological polar surface area (TPSA) is 166 Å². The fourth-order valence-corrected chi connectivity index (χ4v) is 6.77. The van der Waals surface area contributed by atoms with Crippen molar-refractivity contribution in [1.82, 2.24) is 4.98 Å². The summed E-state index contributed by atoms with van der Waals surface area (Å²) in [5.41, 5.74) is -1.99. The van der Waals surface area contributed by atoms with Gasteiger partial charge in [-0.05, 0) is 24.1 Å². The Morgan fingerprint density at radius 1 is 1.26 bits per heavy atom. The van der Waals surface area contributed by atoms with Gasteiger partial charge < -0.3 is 44.4 Å². The summed E-state index contributed by atoms with van der Waals surface area (Å²) < 4.78 is 23.4. The van der Waals surface area contributed by atoms with E-state index in [2.05, 4.69) is 11.6 Å². The number of methoxy groups -OCH3 is 1. The Kier molecular flexibility index (Phi) is 7.47. The lowest BCUT2D eigenvalue weighted by Crippen LogP contribution is -2.69. The number of aliphatic carboxylic acids is 1. The van der Waals surface area contributed by atoms with Crippen LogP contribution in [0.2, 0.25) is 0 Å². The van der Waals surface area contributed by atoms with Crippen LogP contribution in [-0.2, 0) is 28.5 Å². The predicted molar refractivity (Wildman–Crippen MR) is 135 cm³/mol. The molecular formula is C28H34NO10-. The highest BCUT2D eigenvalue weighted by Crippen LogP contribution is 2.54. The van der Waals surface area contributed by atoms with Crippen LogP contribution in [-0.4, -0.2) is 82.4 Å². The number of carbonyl (C=O) groups is 2. The molecule has 8 atom stereocenters. The monoisotopic (exact) mass is 544 g/mol. The fourth-order valence-electron chi connectivity index (χ4n) is 6.77. The van der Waals surface area contributed by atoms with Gasteiger partial charge in [0.05, 0.1) is 32.5 Å². The van der Waals surface area contributed by atoms with Gasteiger partial charge in [-0.25, -0.2) is 4.79 Å². The molecule has 0 unspecified atom stereocenters. The normalized spacial score (nSPS) is 36.7. The molecule has 2 fully saturated rings. The molecule has 39 heavy (non-hydrogen) atoms. The van der Waals surface area contributed by atoms with Crippen LogP contribution in [0.3, 0.4) is 0 Å². The standard InChI is InChI=1S/C28H34NO10/c1-3-16-17(10-21(31)32)18(25(35)36-2)12-27(7-4-5-8-27)24(16)39-26-22(33)23(34)28(20(13-30)38-26)11-15-6-9-29-19(15)14-37-28/h3,6,9,11-12,14,16-17,20,22-24,26,30,33-34H,1,4-5,7-8,10,13H2,2H3,(H,31,32)/q-1/t16-,17+,20-,22-,23-,24+,26+,28-/m1/s1. The van der Waals surface area contributed by atoms with Gasteiger partial charge in [0, 0.05) is 22.8 Å². The maximum absolute atomic E-state index is 12.8. The van der Waals surface area contributed by atoms with Gasteiger partial charge in [-0.1, -0.05) is 36.4 Å². The Balaban J connectivity index is 1.51. The number of carboxylic acid groups (broad SMARTS) is 1. The van der Waals surface area contributed by atoms with Crippen molar-refractivity contribution >= 4 is 24.3 Å². The first-order chi connectivity index (χ1) is 18.7.